The molecule has 1 fully saturated rings. The molecule has 0 spiro atoms. The van der Waals surface area contributed by atoms with Crippen molar-refractivity contribution in [3.8, 4) is 0 Å². The van der Waals surface area contributed by atoms with Crippen molar-refractivity contribution in [2.75, 3.05) is 19.6 Å². The first-order chi connectivity index (χ1) is 6.78. The molecule has 1 saturated heterocycles. The normalized spacial score (nSPS) is 29.0. The van der Waals surface area contributed by atoms with Gasteiger partial charge in [0.15, 0.2) is 0 Å². The third-order valence-corrected chi connectivity index (χ3v) is 2.46. The first-order valence-corrected chi connectivity index (χ1v) is 5.84. The molecule has 1 rings (SSSR count). The van der Waals surface area contributed by atoms with Crippen LogP contribution in [-0.2, 0) is 4.74 Å². The van der Waals surface area contributed by atoms with E-state index in [1.165, 1.54) is 0 Å². The maximum atomic E-state index is 9.84. The number of rotatable bonds is 3. The van der Waals surface area contributed by atoms with Crippen LogP contribution >= 0.6 is 0 Å². The van der Waals surface area contributed by atoms with Crippen molar-refractivity contribution >= 4 is 0 Å². The van der Waals surface area contributed by atoms with Crippen LogP contribution in [0.4, 0.5) is 0 Å². The molecule has 3 heteroatoms. The van der Waals surface area contributed by atoms with Crippen LogP contribution in [-0.4, -0.2) is 48.0 Å². The SMILES string of the molecule is CC(C)O[C@@H]1CN(CC(C)(C)C)C[C@@H]1O. The van der Waals surface area contributed by atoms with Gasteiger partial charge < -0.3 is 9.84 Å². The summed E-state index contributed by atoms with van der Waals surface area (Å²) in [7, 11) is 0. The highest BCUT2D eigenvalue weighted by molar-refractivity contribution is 4.86. The van der Waals surface area contributed by atoms with Gasteiger partial charge in [0.2, 0.25) is 0 Å². The number of aliphatic hydroxyl groups is 1. The quantitative estimate of drug-likeness (QED) is 0.774. The van der Waals surface area contributed by atoms with Crippen molar-refractivity contribution in [2.24, 2.45) is 5.41 Å². The molecule has 2 atom stereocenters. The van der Waals surface area contributed by atoms with Gasteiger partial charge in [-0.2, -0.15) is 0 Å². The minimum Gasteiger partial charge on any atom is -0.389 e. The highest BCUT2D eigenvalue weighted by Crippen LogP contribution is 2.21. The van der Waals surface area contributed by atoms with E-state index in [9.17, 15) is 5.11 Å². The molecule has 0 aromatic carbocycles. The largest absolute Gasteiger partial charge is 0.389 e. The van der Waals surface area contributed by atoms with Gasteiger partial charge in [-0.3, -0.25) is 4.90 Å². The van der Waals surface area contributed by atoms with E-state index < -0.39 is 0 Å². The number of ether oxygens (including phenoxy) is 1. The Kier molecular flexibility index (Phi) is 4.15. The summed E-state index contributed by atoms with van der Waals surface area (Å²) in [5.41, 5.74) is 0.284. The number of β-amino-alcohol motifs (C(OH)–C–C–N with tert-alkyl or cyclic N) is 1. The second-order valence-corrected chi connectivity index (χ2v) is 6.05. The van der Waals surface area contributed by atoms with Gasteiger partial charge in [-0.25, -0.2) is 0 Å². The Bertz CT molecular complexity index is 198. The highest BCUT2D eigenvalue weighted by Gasteiger charge is 2.34. The lowest BCUT2D eigenvalue weighted by molar-refractivity contribution is -0.0397. The van der Waals surface area contributed by atoms with Gasteiger partial charge >= 0.3 is 0 Å². The Morgan fingerprint density at radius 1 is 1.33 bits per heavy atom. The summed E-state index contributed by atoms with van der Waals surface area (Å²) < 4.78 is 5.68. The molecule has 1 N–H and O–H groups in total. The van der Waals surface area contributed by atoms with E-state index in [0.717, 1.165) is 19.6 Å². The summed E-state index contributed by atoms with van der Waals surface area (Å²) >= 11 is 0. The molecule has 0 aliphatic carbocycles. The standard InChI is InChI=1S/C12H25NO2/c1-9(2)15-11-7-13(6-10(11)14)8-12(3,4)5/h9-11,14H,6-8H2,1-5H3/t10-,11+/m0/s1. The van der Waals surface area contributed by atoms with Gasteiger partial charge in [0, 0.05) is 19.6 Å². The number of hydrogen-bond acceptors (Lipinski definition) is 3. The van der Waals surface area contributed by atoms with E-state index in [4.69, 9.17) is 4.74 Å². The maximum Gasteiger partial charge on any atom is 0.0976 e. The Balaban J connectivity index is 2.41. The topological polar surface area (TPSA) is 32.7 Å². The van der Waals surface area contributed by atoms with Crippen LogP contribution in [0.3, 0.4) is 0 Å². The molecule has 0 radical (unpaired) electrons. The molecule has 3 nitrogen and oxygen atoms in total. The molecular formula is C12H25NO2. The second kappa shape index (κ2) is 4.81. The van der Waals surface area contributed by atoms with Gasteiger partial charge in [0.25, 0.3) is 0 Å². The number of likely N-dealkylation sites (tertiary alicyclic amines) is 1. The van der Waals surface area contributed by atoms with Crippen molar-refractivity contribution in [3.63, 3.8) is 0 Å². The molecule has 90 valence electrons. The van der Waals surface area contributed by atoms with Crippen LogP contribution < -0.4 is 0 Å². The minimum absolute atomic E-state index is 0.00708. The molecule has 0 unspecified atom stereocenters. The first-order valence-electron chi connectivity index (χ1n) is 5.84. The van der Waals surface area contributed by atoms with Gasteiger partial charge in [0.05, 0.1) is 18.3 Å². The van der Waals surface area contributed by atoms with E-state index in [2.05, 4.69) is 25.7 Å². The zero-order valence-corrected chi connectivity index (χ0v) is 10.7. The average Bonchev–Trinajstić information content (AvgIpc) is 2.26. The predicted molar refractivity (Wildman–Crippen MR) is 61.9 cm³/mol. The third-order valence-electron chi connectivity index (χ3n) is 2.46. The Morgan fingerprint density at radius 2 is 1.93 bits per heavy atom. The predicted octanol–water partition coefficient (Wildman–Crippen LogP) is 1.50. The molecule has 0 bridgehead atoms. The number of hydrogen-bond donors (Lipinski definition) is 1. The summed E-state index contributed by atoms with van der Waals surface area (Å²) in [5, 5.41) is 9.84. The minimum atomic E-state index is -0.324. The van der Waals surface area contributed by atoms with E-state index in [1.54, 1.807) is 0 Å². The average molecular weight is 215 g/mol. The Labute approximate surface area is 93.4 Å². The summed E-state index contributed by atoms with van der Waals surface area (Å²) in [6.45, 7) is 13.3. The highest BCUT2D eigenvalue weighted by atomic mass is 16.5. The molecule has 15 heavy (non-hydrogen) atoms. The van der Waals surface area contributed by atoms with Crippen LogP contribution in [0, 0.1) is 5.41 Å². The molecule has 0 aromatic rings. The van der Waals surface area contributed by atoms with Crippen molar-refractivity contribution in [1.82, 2.24) is 4.90 Å². The lowest BCUT2D eigenvalue weighted by Gasteiger charge is -2.26. The molecule has 1 aliphatic heterocycles. The fraction of sp³-hybridized carbons (Fsp3) is 1.00. The van der Waals surface area contributed by atoms with Gasteiger partial charge in [-0.1, -0.05) is 20.8 Å². The molecule has 1 aliphatic rings. The van der Waals surface area contributed by atoms with Crippen molar-refractivity contribution < 1.29 is 9.84 Å². The number of nitrogens with zero attached hydrogens (tertiary/aromatic N) is 1. The van der Waals surface area contributed by atoms with Crippen molar-refractivity contribution in [3.05, 3.63) is 0 Å². The van der Waals surface area contributed by atoms with E-state index in [0.29, 0.717) is 0 Å². The zero-order valence-electron chi connectivity index (χ0n) is 10.7. The number of aliphatic hydroxyl groups excluding tert-OH is 1. The smallest absolute Gasteiger partial charge is 0.0976 e. The molecule has 0 saturated carbocycles. The van der Waals surface area contributed by atoms with Crippen molar-refractivity contribution in [2.45, 2.75) is 52.9 Å². The summed E-state index contributed by atoms with van der Waals surface area (Å²) in [5.74, 6) is 0. The van der Waals surface area contributed by atoms with Gasteiger partial charge in [-0.15, -0.1) is 0 Å². The molecular weight excluding hydrogens is 190 g/mol. The summed E-state index contributed by atoms with van der Waals surface area (Å²) in [4.78, 5) is 2.29. The molecule has 0 amide bonds. The van der Waals surface area contributed by atoms with E-state index in [1.807, 2.05) is 13.8 Å². The Morgan fingerprint density at radius 3 is 2.40 bits per heavy atom. The maximum absolute atomic E-state index is 9.84. The van der Waals surface area contributed by atoms with Crippen LogP contribution in [0.25, 0.3) is 0 Å². The lowest BCUT2D eigenvalue weighted by Crippen LogP contribution is -2.32. The van der Waals surface area contributed by atoms with Gasteiger partial charge in [-0.05, 0) is 19.3 Å². The van der Waals surface area contributed by atoms with Crippen LogP contribution in [0.15, 0.2) is 0 Å². The molecule has 0 aromatic heterocycles. The summed E-state index contributed by atoms with van der Waals surface area (Å²) in [6, 6.07) is 0. The zero-order chi connectivity index (χ0) is 11.6. The van der Waals surface area contributed by atoms with Crippen LogP contribution in [0.2, 0.25) is 0 Å². The first kappa shape index (κ1) is 12.9. The van der Waals surface area contributed by atoms with Crippen molar-refractivity contribution in [1.29, 1.82) is 0 Å². The van der Waals surface area contributed by atoms with Crippen LogP contribution in [0.1, 0.15) is 34.6 Å². The Hall–Kier alpha value is -0.120. The lowest BCUT2D eigenvalue weighted by atomic mass is 9.96. The summed E-state index contributed by atoms with van der Waals surface area (Å²) in [6.07, 6.45) is -0.138. The van der Waals surface area contributed by atoms with E-state index >= 15 is 0 Å². The second-order valence-electron chi connectivity index (χ2n) is 6.05. The third kappa shape index (κ3) is 4.49. The monoisotopic (exact) mass is 215 g/mol. The fourth-order valence-electron chi connectivity index (χ4n) is 2.12. The van der Waals surface area contributed by atoms with Crippen LogP contribution in [0.5, 0.6) is 0 Å². The fourth-order valence-corrected chi connectivity index (χ4v) is 2.12. The van der Waals surface area contributed by atoms with Gasteiger partial charge in [0.1, 0.15) is 0 Å². The molecule has 1 heterocycles. The van der Waals surface area contributed by atoms with E-state index in [-0.39, 0.29) is 23.7 Å².